The summed E-state index contributed by atoms with van der Waals surface area (Å²) < 4.78 is 13.7. The van der Waals surface area contributed by atoms with Crippen molar-refractivity contribution < 1.29 is 28.7 Å². The first-order valence-electron chi connectivity index (χ1n) is 15.2. The van der Waals surface area contributed by atoms with Crippen molar-refractivity contribution in [3.8, 4) is 5.75 Å². The van der Waals surface area contributed by atoms with Crippen LogP contribution in [0.4, 0.5) is 10.1 Å². The lowest BCUT2D eigenvalue weighted by Gasteiger charge is -2.50. The van der Waals surface area contributed by atoms with E-state index < -0.39 is 52.6 Å². The van der Waals surface area contributed by atoms with Crippen molar-refractivity contribution in [1.29, 1.82) is 0 Å². The van der Waals surface area contributed by atoms with Crippen molar-refractivity contribution >= 4 is 40.9 Å². The van der Waals surface area contributed by atoms with E-state index >= 15 is 0 Å². The van der Waals surface area contributed by atoms with Crippen molar-refractivity contribution in [1.82, 2.24) is 9.91 Å². The zero-order valence-corrected chi connectivity index (χ0v) is 25.2. The molecule has 2 aliphatic heterocycles. The van der Waals surface area contributed by atoms with E-state index in [1.165, 1.54) is 35.2 Å². The lowest BCUT2D eigenvalue weighted by atomic mass is 9.49. The second-order valence-electron chi connectivity index (χ2n) is 12.3. The van der Waals surface area contributed by atoms with Crippen LogP contribution in [-0.4, -0.2) is 45.2 Å². The molecule has 3 aromatic rings. The molecule has 8 nitrogen and oxygen atoms in total. The fourth-order valence-corrected chi connectivity index (χ4v) is 8.37. The topological polar surface area (TPSA) is 107 Å². The Labute approximate surface area is 264 Å². The normalized spacial score (nSPS) is 29.0. The smallest absolute Gasteiger partial charge is 0.260 e. The summed E-state index contributed by atoms with van der Waals surface area (Å²) in [6, 6.07) is 18.8. The monoisotopic (exact) mass is 627 g/mol. The van der Waals surface area contributed by atoms with Gasteiger partial charge in [-0.2, -0.15) is 5.01 Å². The molecule has 6 unspecified atom stereocenters. The summed E-state index contributed by atoms with van der Waals surface area (Å²) in [6.07, 6.45) is 3.10. The molecule has 230 valence electrons. The van der Waals surface area contributed by atoms with Gasteiger partial charge in [-0.15, -0.1) is 0 Å². The minimum atomic E-state index is -1.48. The molecule has 2 heterocycles. The summed E-state index contributed by atoms with van der Waals surface area (Å²) in [5, 5.41) is 12.1. The van der Waals surface area contributed by atoms with E-state index in [0.29, 0.717) is 41.2 Å². The fraction of sp³-hybridized carbons (Fsp3) is 0.314. The molecule has 0 spiro atoms. The molecule has 0 radical (unpaired) electrons. The van der Waals surface area contributed by atoms with E-state index in [2.05, 4.69) is 5.43 Å². The Morgan fingerprint density at radius 1 is 0.956 bits per heavy atom. The van der Waals surface area contributed by atoms with Crippen LogP contribution < -0.4 is 5.43 Å². The summed E-state index contributed by atoms with van der Waals surface area (Å²) in [6.45, 7) is 2.24. The minimum Gasteiger partial charge on any atom is -0.508 e. The predicted molar refractivity (Wildman–Crippen MR) is 164 cm³/mol. The summed E-state index contributed by atoms with van der Waals surface area (Å²) >= 11 is 6.30. The number of likely N-dealkylation sites (tertiary alicyclic amines) is 1. The van der Waals surface area contributed by atoms with E-state index in [-0.39, 0.29) is 24.0 Å². The fourth-order valence-electron chi connectivity index (χ4n) is 8.24. The molecule has 1 saturated carbocycles. The third kappa shape index (κ3) is 4.31. The Kier molecular flexibility index (Phi) is 7.04. The van der Waals surface area contributed by atoms with Crippen molar-refractivity contribution in [3.05, 3.63) is 106 Å². The Hall–Kier alpha value is -4.50. The van der Waals surface area contributed by atoms with Crippen LogP contribution in [0.3, 0.4) is 0 Å². The molecule has 2 saturated heterocycles. The Morgan fingerprint density at radius 3 is 2.38 bits per heavy atom. The molecule has 6 atom stereocenters. The van der Waals surface area contributed by atoms with Crippen LogP contribution in [0.15, 0.2) is 84.4 Å². The zero-order chi connectivity index (χ0) is 31.6. The lowest BCUT2D eigenvalue weighted by Crippen LogP contribution is -2.53. The van der Waals surface area contributed by atoms with Crippen LogP contribution in [0.25, 0.3) is 0 Å². The van der Waals surface area contributed by atoms with Gasteiger partial charge < -0.3 is 5.11 Å². The Bertz CT molecular complexity index is 1760. The maximum absolute atomic E-state index is 15.0. The summed E-state index contributed by atoms with van der Waals surface area (Å²) in [5.41, 5.74) is 3.77. The number of halogens is 2. The largest absolute Gasteiger partial charge is 0.508 e. The van der Waals surface area contributed by atoms with Gasteiger partial charge >= 0.3 is 0 Å². The van der Waals surface area contributed by atoms with Crippen molar-refractivity contribution in [3.63, 3.8) is 0 Å². The number of carbonyl (C=O) groups excluding carboxylic acids is 4. The van der Waals surface area contributed by atoms with Gasteiger partial charge in [0.2, 0.25) is 11.8 Å². The molecular weight excluding hydrogens is 597 g/mol. The van der Waals surface area contributed by atoms with Crippen molar-refractivity contribution in [2.75, 3.05) is 12.0 Å². The number of imide groups is 2. The maximum Gasteiger partial charge on any atom is 0.260 e. The average molecular weight is 628 g/mol. The van der Waals surface area contributed by atoms with Crippen LogP contribution >= 0.6 is 11.6 Å². The highest BCUT2D eigenvalue weighted by atomic mass is 35.5. The molecule has 4 aliphatic rings. The van der Waals surface area contributed by atoms with Gasteiger partial charge in [-0.05, 0) is 84.8 Å². The van der Waals surface area contributed by atoms with Crippen LogP contribution in [0.2, 0.25) is 5.02 Å². The molecule has 0 bridgehead atoms. The molecule has 4 amide bonds. The maximum atomic E-state index is 15.0. The molecule has 7 rings (SSSR count). The van der Waals surface area contributed by atoms with Gasteiger partial charge in [-0.3, -0.25) is 29.5 Å². The molecule has 45 heavy (non-hydrogen) atoms. The first-order valence-corrected chi connectivity index (χ1v) is 15.5. The average Bonchev–Trinajstić information content (AvgIpc) is 3.40. The molecule has 10 heteroatoms. The number of carbonyl (C=O) groups is 4. The number of allylic oxidation sites excluding steroid dienone is 2. The molecule has 0 aromatic heterocycles. The third-order valence-corrected chi connectivity index (χ3v) is 10.3. The number of nitrogens with zero attached hydrogens (tertiary/aromatic N) is 2. The van der Waals surface area contributed by atoms with E-state index in [9.17, 15) is 28.7 Å². The second kappa shape index (κ2) is 10.8. The molecule has 3 fully saturated rings. The molecule has 2 aliphatic carbocycles. The number of anilines is 1. The van der Waals surface area contributed by atoms with Crippen molar-refractivity contribution in [2.45, 2.75) is 37.5 Å². The number of aromatic hydroxyl groups is 1. The van der Waals surface area contributed by atoms with E-state index in [0.717, 1.165) is 10.6 Å². The Morgan fingerprint density at radius 2 is 1.69 bits per heavy atom. The molecule has 3 aromatic carbocycles. The van der Waals surface area contributed by atoms with Gasteiger partial charge in [-0.1, -0.05) is 54.4 Å². The summed E-state index contributed by atoms with van der Waals surface area (Å²) in [5.74, 6) is -5.28. The van der Waals surface area contributed by atoms with Gasteiger partial charge in [0, 0.05) is 17.5 Å². The van der Waals surface area contributed by atoms with E-state index in [4.69, 9.17) is 11.6 Å². The van der Waals surface area contributed by atoms with Crippen LogP contribution in [0.5, 0.6) is 5.75 Å². The Balaban J connectivity index is 1.45. The number of hydrogen-bond donors (Lipinski definition) is 2. The van der Waals surface area contributed by atoms with Crippen LogP contribution in [0.1, 0.15) is 43.2 Å². The zero-order valence-electron chi connectivity index (χ0n) is 24.5. The highest BCUT2D eigenvalue weighted by Gasteiger charge is 2.70. The second-order valence-corrected chi connectivity index (χ2v) is 12.7. The number of phenols is 1. The molecule has 2 N–H and O–H groups in total. The van der Waals surface area contributed by atoms with Crippen LogP contribution in [-0.2, 0) is 24.6 Å². The summed E-state index contributed by atoms with van der Waals surface area (Å²) in [4.78, 5) is 58.1. The first-order chi connectivity index (χ1) is 21.7. The quantitative estimate of drug-likeness (QED) is 0.273. The van der Waals surface area contributed by atoms with Gasteiger partial charge in [-0.25, -0.2) is 4.39 Å². The summed E-state index contributed by atoms with van der Waals surface area (Å²) in [7, 11) is 0. The number of hydrazine groups is 1. The predicted octanol–water partition coefficient (Wildman–Crippen LogP) is 5.58. The van der Waals surface area contributed by atoms with Gasteiger partial charge in [0.15, 0.2) is 0 Å². The number of amides is 4. The molecular formula is C35H31ClFN3O5. The number of rotatable bonds is 6. The number of hydrogen-bond acceptors (Lipinski definition) is 6. The van der Waals surface area contributed by atoms with Crippen LogP contribution in [0, 0.1) is 29.5 Å². The number of phenolic OH excluding ortho intramolecular Hbond substituents is 1. The first kappa shape index (κ1) is 29.2. The van der Waals surface area contributed by atoms with E-state index in [1.807, 2.05) is 19.1 Å². The third-order valence-electron chi connectivity index (χ3n) is 10.00. The lowest BCUT2D eigenvalue weighted by molar-refractivity contribution is -0.141. The SMILES string of the molecule is CCCN1C(=O)C2CC=C3C(CC4C(=O)N(Nc5ccc(F)cc5)C(=O)C4(c4ccc(Cl)cc4)C3c3cccc(O)c3)C2C1=O. The highest BCUT2D eigenvalue weighted by molar-refractivity contribution is 6.30. The van der Waals surface area contributed by atoms with Gasteiger partial charge in [0.1, 0.15) is 11.6 Å². The van der Waals surface area contributed by atoms with Crippen molar-refractivity contribution in [2.24, 2.45) is 23.7 Å². The van der Waals surface area contributed by atoms with Gasteiger partial charge in [0.05, 0.1) is 28.9 Å². The van der Waals surface area contributed by atoms with Gasteiger partial charge in [0.25, 0.3) is 11.8 Å². The minimum absolute atomic E-state index is 0.00831. The number of benzene rings is 3. The van der Waals surface area contributed by atoms with E-state index in [1.54, 1.807) is 36.4 Å². The highest BCUT2D eigenvalue weighted by Crippen LogP contribution is 2.64. The standard InChI is InChI=1S/C35H31ClFN3O5/c1-2-16-39-31(42)26-15-14-25-27(29(26)33(39)44)18-28-32(43)40(38-23-12-10-22(37)11-13-23)34(45)35(28,20-6-8-21(36)9-7-20)30(25)19-4-3-5-24(41)17-19/h3-14,17,26-30,38,41H,2,15-16,18H2,1H3. The number of nitrogens with one attached hydrogen (secondary N) is 1. The number of fused-ring (bicyclic) bond motifs is 4.